The van der Waals surface area contributed by atoms with Crippen LogP contribution in [0.25, 0.3) is 0 Å². The van der Waals surface area contributed by atoms with E-state index < -0.39 is 17.8 Å². The predicted octanol–water partition coefficient (Wildman–Crippen LogP) is 3.48. The summed E-state index contributed by atoms with van der Waals surface area (Å²) < 4.78 is 13.3. The van der Waals surface area contributed by atoms with Gasteiger partial charge in [-0.05, 0) is 36.4 Å². The van der Waals surface area contributed by atoms with E-state index in [2.05, 4.69) is 16.0 Å². The van der Waals surface area contributed by atoms with Crippen LogP contribution in [0, 0.1) is 5.82 Å². The van der Waals surface area contributed by atoms with E-state index in [0.717, 1.165) is 12.1 Å². The van der Waals surface area contributed by atoms with Crippen LogP contribution in [0.1, 0.15) is 10.4 Å². The highest BCUT2D eigenvalue weighted by Crippen LogP contribution is 2.19. The molecule has 3 amide bonds. The molecule has 0 saturated heterocycles. The Morgan fingerprint density at radius 1 is 1.09 bits per heavy atom. The first-order valence-corrected chi connectivity index (χ1v) is 6.72. The molecule has 2 aromatic rings. The molecule has 0 spiro atoms. The number of rotatable bonds is 3. The molecule has 0 aromatic heterocycles. The topological polar surface area (TPSA) is 70.2 Å². The minimum absolute atomic E-state index is 0.0684. The van der Waals surface area contributed by atoms with Crippen LogP contribution >= 0.6 is 11.6 Å². The molecule has 22 heavy (non-hydrogen) atoms. The molecule has 0 aliphatic carbocycles. The fourth-order valence-electron chi connectivity index (χ4n) is 1.80. The summed E-state index contributed by atoms with van der Waals surface area (Å²) in [7, 11) is 1.45. The number of carbonyl (C=O) groups is 2. The van der Waals surface area contributed by atoms with Gasteiger partial charge in [0.1, 0.15) is 5.82 Å². The fraction of sp³-hybridized carbons (Fsp3) is 0.0667. The van der Waals surface area contributed by atoms with Crippen molar-refractivity contribution < 1.29 is 14.0 Å². The van der Waals surface area contributed by atoms with Crippen molar-refractivity contribution in [2.75, 3.05) is 17.7 Å². The molecule has 0 fully saturated rings. The third-order valence-electron chi connectivity index (χ3n) is 2.78. The van der Waals surface area contributed by atoms with Crippen LogP contribution in [-0.4, -0.2) is 19.0 Å². The Kier molecular flexibility index (Phi) is 4.95. The lowest BCUT2D eigenvalue weighted by Crippen LogP contribution is -2.24. The van der Waals surface area contributed by atoms with Crippen LogP contribution in [0.3, 0.4) is 0 Å². The monoisotopic (exact) mass is 321 g/mol. The van der Waals surface area contributed by atoms with Crippen molar-refractivity contribution in [2.45, 2.75) is 0 Å². The van der Waals surface area contributed by atoms with Crippen molar-refractivity contribution in [1.29, 1.82) is 0 Å². The highest BCUT2D eigenvalue weighted by atomic mass is 35.5. The van der Waals surface area contributed by atoms with Crippen LogP contribution in [0.15, 0.2) is 42.5 Å². The Labute approximate surface area is 131 Å². The maximum Gasteiger partial charge on any atom is 0.323 e. The Hall–Kier alpha value is -2.60. The summed E-state index contributed by atoms with van der Waals surface area (Å²) in [6, 6.07) is 9.45. The van der Waals surface area contributed by atoms with Gasteiger partial charge in [0, 0.05) is 17.8 Å². The number of amides is 3. The molecule has 0 bridgehead atoms. The average molecular weight is 322 g/mol. The SMILES string of the molecule is CNC(=O)c1ccc(F)cc1NC(=O)Nc1cccc(Cl)c1. The summed E-state index contributed by atoms with van der Waals surface area (Å²) in [5, 5.41) is 7.87. The predicted molar refractivity (Wildman–Crippen MR) is 83.9 cm³/mol. The molecule has 0 unspecified atom stereocenters. The molecule has 0 radical (unpaired) electrons. The molecular formula is C15H13ClFN3O2. The van der Waals surface area contributed by atoms with Crippen molar-refractivity contribution in [2.24, 2.45) is 0 Å². The maximum absolute atomic E-state index is 13.3. The smallest absolute Gasteiger partial charge is 0.323 e. The second-order valence-corrected chi connectivity index (χ2v) is 4.79. The molecular weight excluding hydrogens is 309 g/mol. The minimum atomic E-state index is -0.613. The first-order chi connectivity index (χ1) is 10.5. The van der Waals surface area contributed by atoms with Gasteiger partial charge in [-0.3, -0.25) is 4.79 Å². The average Bonchev–Trinajstić information content (AvgIpc) is 2.46. The molecule has 0 heterocycles. The first-order valence-electron chi connectivity index (χ1n) is 6.35. The van der Waals surface area contributed by atoms with Crippen LogP contribution in [0.4, 0.5) is 20.6 Å². The van der Waals surface area contributed by atoms with Gasteiger partial charge in [-0.15, -0.1) is 0 Å². The number of carbonyl (C=O) groups excluding carboxylic acids is 2. The van der Waals surface area contributed by atoms with E-state index >= 15 is 0 Å². The van der Waals surface area contributed by atoms with E-state index in [1.807, 2.05) is 0 Å². The molecule has 5 nitrogen and oxygen atoms in total. The molecule has 2 aromatic carbocycles. The lowest BCUT2D eigenvalue weighted by Gasteiger charge is -2.11. The van der Waals surface area contributed by atoms with Gasteiger partial charge < -0.3 is 16.0 Å². The summed E-state index contributed by atoms with van der Waals surface area (Å²) in [6.07, 6.45) is 0. The largest absolute Gasteiger partial charge is 0.355 e. The molecule has 0 saturated carbocycles. The number of halogens is 2. The Morgan fingerprint density at radius 2 is 1.86 bits per heavy atom. The normalized spacial score (nSPS) is 9.95. The fourth-order valence-corrected chi connectivity index (χ4v) is 1.99. The van der Waals surface area contributed by atoms with Gasteiger partial charge in [0.2, 0.25) is 0 Å². The number of anilines is 2. The Morgan fingerprint density at radius 3 is 2.55 bits per heavy atom. The van der Waals surface area contributed by atoms with Gasteiger partial charge in [0.25, 0.3) is 5.91 Å². The van der Waals surface area contributed by atoms with E-state index in [-0.39, 0.29) is 11.3 Å². The molecule has 114 valence electrons. The maximum atomic E-state index is 13.3. The van der Waals surface area contributed by atoms with Crippen molar-refractivity contribution in [3.63, 3.8) is 0 Å². The van der Waals surface area contributed by atoms with Crippen LogP contribution in [0.2, 0.25) is 5.02 Å². The first kappa shape index (κ1) is 15.8. The highest BCUT2D eigenvalue weighted by molar-refractivity contribution is 6.30. The van der Waals surface area contributed by atoms with Crippen molar-refractivity contribution in [3.05, 3.63) is 58.9 Å². The van der Waals surface area contributed by atoms with Crippen molar-refractivity contribution in [1.82, 2.24) is 5.32 Å². The van der Waals surface area contributed by atoms with Gasteiger partial charge >= 0.3 is 6.03 Å². The van der Waals surface area contributed by atoms with E-state index in [1.165, 1.54) is 13.1 Å². The summed E-state index contributed by atoms with van der Waals surface area (Å²) in [6.45, 7) is 0. The van der Waals surface area contributed by atoms with Crippen LogP contribution < -0.4 is 16.0 Å². The van der Waals surface area contributed by atoms with Gasteiger partial charge in [-0.25, -0.2) is 9.18 Å². The number of nitrogens with one attached hydrogen (secondary N) is 3. The molecule has 3 N–H and O–H groups in total. The zero-order valence-corrected chi connectivity index (χ0v) is 12.4. The third kappa shape index (κ3) is 3.95. The zero-order valence-electron chi connectivity index (χ0n) is 11.6. The standard InChI is InChI=1S/C15H13ClFN3O2/c1-18-14(21)12-6-5-10(17)8-13(12)20-15(22)19-11-4-2-3-9(16)7-11/h2-8H,1H3,(H,18,21)(H2,19,20,22). The summed E-state index contributed by atoms with van der Waals surface area (Å²) >= 11 is 5.82. The second-order valence-electron chi connectivity index (χ2n) is 4.36. The number of hydrogen-bond donors (Lipinski definition) is 3. The number of hydrogen-bond acceptors (Lipinski definition) is 2. The Bertz CT molecular complexity index is 722. The lowest BCUT2D eigenvalue weighted by molar-refractivity contribution is 0.0964. The highest BCUT2D eigenvalue weighted by Gasteiger charge is 2.13. The lowest BCUT2D eigenvalue weighted by atomic mass is 10.1. The van der Waals surface area contributed by atoms with E-state index in [4.69, 9.17) is 11.6 Å². The third-order valence-corrected chi connectivity index (χ3v) is 3.02. The molecule has 0 aliphatic heterocycles. The quantitative estimate of drug-likeness (QED) is 0.810. The molecule has 0 aliphatic rings. The van der Waals surface area contributed by atoms with Crippen LogP contribution in [0.5, 0.6) is 0 Å². The molecule has 7 heteroatoms. The van der Waals surface area contributed by atoms with Gasteiger partial charge in [0.05, 0.1) is 11.3 Å². The summed E-state index contributed by atoms with van der Waals surface area (Å²) in [4.78, 5) is 23.7. The van der Waals surface area contributed by atoms with Crippen LogP contribution in [-0.2, 0) is 0 Å². The number of benzene rings is 2. The van der Waals surface area contributed by atoms with Gasteiger partial charge in [-0.1, -0.05) is 17.7 Å². The minimum Gasteiger partial charge on any atom is -0.355 e. The Balaban J connectivity index is 2.17. The second kappa shape index (κ2) is 6.91. The van der Waals surface area contributed by atoms with Gasteiger partial charge in [-0.2, -0.15) is 0 Å². The molecule has 0 atom stereocenters. The molecule has 2 rings (SSSR count). The number of urea groups is 1. The van der Waals surface area contributed by atoms with Gasteiger partial charge in [0.15, 0.2) is 0 Å². The van der Waals surface area contributed by atoms with E-state index in [1.54, 1.807) is 24.3 Å². The van der Waals surface area contributed by atoms with Crippen molar-refractivity contribution in [3.8, 4) is 0 Å². The van der Waals surface area contributed by atoms with Crippen molar-refractivity contribution >= 4 is 34.9 Å². The zero-order chi connectivity index (χ0) is 16.1. The van der Waals surface area contributed by atoms with E-state index in [9.17, 15) is 14.0 Å². The summed E-state index contributed by atoms with van der Waals surface area (Å²) in [5.41, 5.74) is 0.701. The van der Waals surface area contributed by atoms with E-state index in [0.29, 0.717) is 10.7 Å². The summed E-state index contributed by atoms with van der Waals surface area (Å²) in [5.74, 6) is -0.997.